The quantitative estimate of drug-likeness (QED) is 0.710. The summed E-state index contributed by atoms with van der Waals surface area (Å²) in [5, 5.41) is 8.95. The van der Waals surface area contributed by atoms with E-state index in [-0.39, 0.29) is 11.3 Å². The number of hydrogen-bond acceptors (Lipinski definition) is 6. The zero-order valence-corrected chi connectivity index (χ0v) is 15.6. The van der Waals surface area contributed by atoms with E-state index in [1.54, 1.807) is 25.3 Å². The van der Waals surface area contributed by atoms with Gasteiger partial charge in [0.1, 0.15) is 5.69 Å². The maximum Gasteiger partial charge on any atom is 0.354 e. The van der Waals surface area contributed by atoms with Gasteiger partial charge in [-0.3, -0.25) is 14.7 Å². The average Bonchev–Trinajstić information content (AvgIpc) is 2.70. The smallest absolute Gasteiger partial charge is 0.354 e. The lowest BCUT2D eigenvalue weighted by Crippen LogP contribution is -2.46. The first-order chi connectivity index (χ1) is 13.5. The fraction of sp³-hybridized carbons (Fsp3) is 0.300. The van der Waals surface area contributed by atoms with E-state index in [2.05, 4.69) is 24.8 Å². The summed E-state index contributed by atoms with van der Waals surface area (Å²) < 4.78 is 0. The van der Waals surface area contributed by atoms with Gasteiger partial charge in [-0.25, -0.2) is 9.78 Å². The summed E-state index contributed by atoms with van der Waals surface area (Å²) in [5.74, 6) is -1.02. The molecule has 3 aromatic rings. The number of pyridine rings is 3. The molecular formula is C20H21N5O3. The van der Waals surface area contributed by atoms with Gasteiger partial charge in [-0.1, -0.05) is 0 Å². The maximum atomic E-state index is 11.8. The number of fused-ring (bicyclic) bond motifs is 1. The first-order valence-corrected chi connectivity index (χ1v) is 9.15. The summed E-state index contributed by atoms with van der Waals surface area (Å²) >= 11 is 0. The Hall–Kier alpha value is -3.26. The van der Waals surface area contributed by atoms with Crippen molar-refractivity contribution in [1.29, 1.82) is 0 Å². The second-order valence-electron chi connectivity index (χ2n) is 7.03. The van der Waals surface area contributed by atoms with Crippen molar-refractivity contribution in [2.45, 2.75) is 13.5 Å². The highest BCUT2D eigenvalue weighted by Crippen LogP contribution is 2.18. The number of carboxylic acids is 1. The summed E-state index contributed by atoms with van der Waals surface area (Å²) in [7, 11) is 0. The largest absolute Gasteiger partial charge is 0.477 e. The topological polar surface area (TPSA) is 102 Å². The zero-order valence-electron chi connectivity index (χ0n) is 15.6. The highest BCUT2D eigenvalue weighted by Gasteiger charge is 2.18. The third-order valence-corrected chi connectivity index (χ3v) is 5.05. The molecule has 4 heterocycles. The molecule has 0 saturated carbocycles. The minimum Gasteiger partial charge on any atom is -0.477 e. The third-order valence-electron chi connectivity index (χ3n) is 5.05. The normalized spacial score (nSPS) is 15.1. The van der Waals surface area contributed by atoms with Gasteiger partial charge in [0.05, 0.1) is 22.9 Å². The van der Waals surface area contributed by atoms with Crippen molar-refractivity contribution in [1.82, 2.24) is 19.9 Å². The zero-order chi connectivity index (χ0) is 19.7. The van der Waals surface area contributed by atoms with Gasteiger partial charge in [0.2, 0.25) is 0 Å². The standard InChI is InChI=1S/C20H21N5O3/c1-13-8-17-18(23-19(13)26)9-14(10-21-17)12-24-4-6-25(7-5-24)15-2-3-16(20(27)28)22-11-15/h2-3,8-11H,4-7,12H2,1H3,(H,23,26)(H,27,28). The van der Waals surface area contributed by atoms with Crippen LogP contribution in [0.4, 0.5) is 5.69 Å². The maximum absolute atomic E-state index is 11.8. The highest BCUT2D eigenvalue weighted by molar-refractivity contribution is 5.85. The molecule has 1 fully saturated rings. The van der Waals surface area contributed by atoms with E-state index in [0.29, 0.717) is 5.56 Å². The van der Waals surface area contributed by atoms with E-state index < -0.39 is 5.97 Å². The lowest BCUT2D eigenvalue weighted by Gasteiger charge is -2.35. The highest BCUT2D eigenvalue weighted by atomic mass is 16.4. The first-order valence-electron chi connectivity index (χ1n) is 9.15. The number of hydrogen-bond donors (Lipinski definition) is 2. The lowest BCUT2D eigenvalue weighted by molar-refractivity contribution is 0.0690. The molecule has 0 radical (unpaired) electrons. The predicted molar refractivity (Wildman–Crippen MR) is 106 cm³/mol. The van der Waals surface area contributed by atoms with E-state index in [1.807, 2.05) is 12.3 Å². The van der Waals surface area contributed by atoms with E-state index in [4.69, 9.17) is 5.11 Å². The van der Waals surface area contributed by atoms with Crippen LogP contribution in [0.15, 0.2) is 41.5 Å². The van der Waals surface area contributed by atoms with Gasteiger partial charge in [0.15, 0.2) is 0 Å². The van der Waals surface area contributed by atoms with Crippen molar-refractivity contribution < 1.29 is 9.90 Å². The molecule has 8 heteroatoms. The third kappa shape index (κ3) is 3.72. The van der Waals surface area contributed by atoms with Crippen LogP contribution in [-0.4, -0.2) is 57.1 Å². The molecule has 1 aliphatic heterocycles. The summed E-state index contributed by atoms with van der Waals surface area (Å²) in [6, 6.07) is 7.13. The number of piperazine rings is 1. The Kier molecular flexibility index (Phi) is 4.79. The molecule has 0 amide bonds. The van der Waals surface area contributed by atoms with Crippen LogP contribution in [0.3, 0.4) is 0 Å². The minimum absolute atomic E-state index is 0.0550. The van der Waals surface area contributed by atoms with Crippen LogP contribution < -0.4 is 10.5 Å². The van der Waals surface area contributed by atoms with Crippen molar-refractivity contribution in [3.8, 4) is 0 Å². The molecule has 1 saturated heterocycles. The molecule has 0 atom stereocenters. The number of carbonyl (C=O) groups is 1. The van der Waals surface area contributed by atoms with Crippen LogP contribution in [0.25, 0.3) is 11.0 Å². The molecule has 0 aliphatic carbocycles. The molecule has 0 aromatic carbocycles. The van der Waals surface area contributed by atoms with E-state index >= 15 is 0 Å². The molecule has 2 N–H and O–H groups in total. The second kappa shape index (κ2) is 7.40. The Morgan fingerprint density at radius 2 is 1.93 bits per heavy atom. The van der Waals surface area contributed by atoms with Gasteiger partial charge in [0.25, 0.3) is 5.56 Å². The Morgan fingerprint density at radius 3 is 2.61 bits per heavy atom. The number of H-pyrrole nitrogens is 1. The van der Waals surface area contributed by atoms with E-state index in [9.17, 15) is 9.59 Å². The van der Waals surface area contributed by atoms with Gasteiger partial charge < -0.3 is 15.0 Å². The molecular weight excluding hydrogens is 358 g/mol. The molecule has 0 spiro atoms. The van der Waals surface area contributed by atoms with Crippen LogP contribution in [0.2, 0.25) is 0 Å². The number of aromatic nitrogens is 3. The van der Waals surface area contributed by atoms with Gasteiger partial charge in [-0.2, -0.15) is 0 Å². The van der Waals surface area contributed by atoms with Crippen molar-refractivity contribution >= 4 is 22.7 Å². The molecule has 0 unspecified atom stereocenters. The SMILES string of the molecule is Cc1cc2ncc(CN3CCN(c4ccc(C(=O)O)nc4)CC3)cc2[nH]c1=O. The van der Waals surface area contributed by atoms with Gasteiger partial charge in [-0.05, 0) is 36.8 Å². The Balaban J connectivity index is 1.40. The van der Waals surface area contributed by atoms with Crippen LogP contribution in [0.5, 0.6) is 0 Å². The van der Waals surface area contributed by atoms with Crippen LogP contribution >= 0.6 is 0 Å². The number of rotatable bonds is 4. The van der Waals surface area contributed by atoms with Gasteiger partial charge >= 0.3 is 5.97 Å². The summed E-state index contributed by atoms with van der Waals surface area (Å²) in [4.78, 5) is 38.6. The summed E-state index contributed by atoms with van der Waals surface area (Å²) in [5.41, 5.74) is 4.19. The molecule has 3 aromatic heterocycles. The van der Waals surface area contributed by atoms with Crippen LogP contribution in [-0.2, 0) is 6.54 Å². The number of aromatic amines is 1. The molecule has 1 aliphatic rings. The number of anilines is 1. The number of aromatic carboxylic acids is 1. The Morgan fingerprint density at radius 1 is 1.14 bits per heavy atom. The number of carboxylic acid groups (broad SMARTS) is 1. The van der Waals surface area contributed by atoms with Crippen LogP contribution in [0.1, 0.15) is 21.6 Å². The number of nitrogens with one attached hydrogen (secondary N) is 1. The summed E-state index contributed by atoms with van der Waals surface area (Å²) in [6.45, 7) is 5.98. The van der Waals surface area contributed by atoms with Crippen molar-refractivity contribution in [2.24, 2.45) is 0 Å². The minimum atomic E-state index is -1.02. The van der Waals surface area contributed by atoms with Gasteiger partial charge in [-0.15, -0.1) is 0 Å². The van der Waals surface area contributed by atoms with E-state index in [0.717, 1.165) is 55.0 Å². The first kappa shape index (κ1) is 18.1. The Bertz CT molecular complexity index is 1070. The van der Waals surface area contributed by atoms with Crippen molar-refractivity contribution in [3.05, 3.63) is 63.8 Å². The van der Waals surface area contributed by atoms with Crippen LogP contribution in [0, 0.1) is 6.92 Å². The molecule has 8 nitrogen and oxygen atoms in total. The molecule has 4 rings (SSSR count). The monoisotopic (exact) mass is 379 g/mol. The van der Waals surface area contributed by atoms with Crippen molar-refractivity contribution in [3.63, 3.8) is 0 Å². The van der Waals surface area contributed by atoms with Gasteiger partial charge in [0, 0.05) is 44.5 Å². The fourth-order valence-electron chi connectivity index (χ4n) is 3.43. The second-order valence-corrected chi connectivity index (χ2v) is 7.03. The Labute approximate surface area is 161 Å². The van der Waals surface area contributed by atoms with Crippen molar-refractivity contribution in [2.75, 3.05) is 31.1 Å². The number of nitrogens with zero attached hydrogens (tertiary/aromatic N) is 4. The molecule has 0 bridgehead atoms. The molecule has 144 valence electrons. The number of aryl methyl sites for hydroxylation is 1. The lowest BCUT2D eigenvalue weighted by atomic mass is 10.2. The molecule has 28 heavy (non-hydrogen) atoms. The summed E-state index contributed by atoms with van der Waals surface area (Å²) in [6.07, 6.45) is 3.48. The average molecular weight is 379 g/mol. The fourth-order valence-corrected chi connectivity index (χ4v) is 3.43. The van der Waals surface area contributed by atoms with E-state index in [1.165, 1.54) is 6.07 Å². The predicted octanol–water partition coefficient (Wildman–Crippen LogP) is 1.65.